The molecule has 0 aromatic carbocycles. The lowest BCUT2D eigenvalue weighted by Crippen LogP contribution is -2.65. The molecular formula is C13H22O3. The zero-order valence-electron chi connectivity index (χ0n) is 10.5. The van der Waals surface area contributed by atoms with Gasteiger partial charge in [0.2, 0.25) is 0 Å². The second-order valence-corrected chi connectivity index (χ2v) is 6.21. The molecule has 2 fully saturated rings. The van der Waals surface area contributed by atoms with Crippen LogP contribution in [0.25, 0.3) is 0 Å². The molecule has 0 atom stereocenters. The molecule has 16 heavy (non-hydrogen) atoms. The highest BCUT2D eigenvalue weighted by molar-refractivity contribution is 5.80. The number of esters is 1. The van der Waals surface area contributed by atoms with E-state index in [0.29, 0.717) is 6.61 Å². The Hall–Kier alpha value is -0.570. The summed E-state index contributed by atoms with van der Waals surface area (Å²) < 4.78 is 5.14. The molecule has 1 N–H and O–H groups in total. The summed E-state index contributed by atoms with van der Waals surface area (Å²) in [4.78, 5) is 12.0. The molecule has 3 nitrogen and oxygen atoms in total. The van der Waals surface area contributed by atoms with Crippen LogP contribution in [0.4, 0.5) is 0 Å². The van der Waals surface area contributed by atoms with E-state index in [1.54, 1.807) is 0 Å². The van der Waals surface area contributed by atoms with Gasteiger partial charge < -0.3 is 9.84 Å². The average Bonchev–Trinajstić information content (AvgIpc) is 1.97. The van der Waals surface area contributed by atoms with Crippen molar-refractivity contribution in [3.05, 3.63) is 0 Å². The Morgan fingerprint density at radius 1 is 1.31 bits per heavy atom. The van der Waals surface area contributed by atoms with Gasteiger partial charge in [-0.1, -0.05) is 20.3 Å². The number of carbonyl (C=O) groups excluding carboxylic acids is 1. The maximum atomic E-state index is 12.0. The van der Waals surface area contributed by atoms with Gasteiger partial charge in [0.05, 0.1) is 17.6 Å². The molecule has 0 bridgehead atoms. The Labute approximate surface area is 97.2 Å². The second kappa shape index (κ2) is 3.46. The molecule has 2 saturated carbocycles. The van der Waals surface area contributed by atoms with Crippen LogP contribution >= 0.6 is 0 Å². The van der Waals surface area contributed by atoms with Crippen molar-refractivity contribution in [1.82, 2.24) is 0 Å². The number of aliphatic hydroxyl groups is 1. The monoisotopic (exact) mass is 226 g/mol. The van der Waals surface area contributed by atoms with Gasteiger partial charge in [-0.3, -0.25) is 4.79 Å². The highest BCUT2D eigenvalue weighted by Gasteiger charge is 2.66. The molecule has 2 aliphatic carbocycles. The summed E-state index contributed by atoms with van der Waals surface area (Å²) in [5, 5.41) is 10.6. The highest BCUT2D eigenvalue weighted by atomic mass is 16.5. The molecule has 3 heteroatoms. The van der Waals surface area contributed by atoms with Crippen LogP contribution in [0.5, 0.6) is 0 Å². The van der Waals surface area contributed by atoms with E-state index in [0.717, 1.165) is 32.1 Å². The van der Waals surface area contributed by atoms with Crippen LogP contribution in [0.1, 0.15) is 52.9 Å². The van der Waals surface area contributed by atoms with Crippen LogP contribution in [0.2, 0.25) is 0 Å². The minimum Gasteiger partial charge on any atom is -0.465 e. The first kappa shape index (κ1) is 11.9. The van der Waals surface area contributed by atoms with Gasteiger partial charge in [-0.15, -0.1) is 0 Å². The van der Waals surface area contributed by atoms with Crippen LogP contribution in [0.3, 0.4) is 0 Å². The minimum atomic E-state index is -0.805. The number of hydrogen-bond donors (Lipinski definition) is 1. The van der Waals surface area contributed by atoms with Crippen molar-refractivity contribution in [2.75, 3.05) is 6.61 Å². The van der Waals surface area contributed by atoms with Gasteiger partial charge in [0.15, 0.2) is 0 Å². The summed E-state index contributed by atoms with van der Waals surface area (Å²) in [5.41, 5.74) is -1.22. The summed E-state index contributed by atoms with van der Waals surface area (Å²) >= 11 is 0. The van der Waals surface area contributed by atoms with Crippen LogP contribution in [0.15, 0.2) is 0 Å². The Morgan fingerprint density at radius 3 is 2.19 bits per heavy atom. The molecule has 0 aliphatic heterocycles. The molecule has 2 rings (SSSR count). The van der Waals surface area contributed by atoms with E-state index in [1.807, 2.05) is 6.92 Å². The predicted octanol–water partition coefficient (Wildman–Crippen LogP) is 2.27. The van der Waals surface area contributed by atoms with Crippen LogP contribution < -0.4 is 0 Å². The Bertz CT molecular complexity index is 294. The van der Waals surface area contributed by atoms with Crippen molar-refractivity contribution < 1.29 is 14.6 Å². The maximum Gasteiger partial charge on any atom is 0.314 e. The molecule has 0 spiro atoms. The molecule has 2 aliphatic rings. The van der Waals surface area contributed by atoms with E-state index in [-0.39, 0.29) is 11.4 Å². The topological polar surface area (TPSA) is 46.5 Å². The van der Waals surface area contributed by atoms with Crippen molar-refractivity contribution >= 4 is 5.97 Å². The van der Waals surface area contributed by atoms with E-state index < -0.39 is 11.0 Å². The molecule has 0 radical (unpaired) electrons. The first-order valence-corrected chi connectivity index (χ1v) is 6.25. The van der Waals surface area contributed by atoms with Crippen LogP contribution in [0, 0.1) is 10.8 Å². The van der Waals surface area contributed by atoms with Gasteiger partial charge in [0.1, 0.15) is 0 Å². The Balaban J connectivity index is 2.14. The van der Waals surface area contributed by atoms with Gasteiger partial charge >= 0.3 is 5.97 Å². The summed E-state index contributed by atoms with van der Waals surface area (Å²) in [7, 11) is 0. The van der Waals surface area contributed by atoms with Crippen molar-refractivity contribution in [2.45, 2.75) is 58.5 Å². The number of ether oxygens (including phenoxy) is 1. The smallest absolute Gasteiger partial charge is 0.314 e. The first-order chi connectivity index (χ1) is 7.35. The molecule has 92 valence electrons. The Kier molecular flexibility index (Phi) is 2.57. The first-order valence-electron chi connectivity index (χ1n) is 6.25. The van der Waals surface area contributed by atoms with Crippen molar-refractivity contribution in [3.8, 4) is 0 Å². The third-order valence-electron chi connectivity index (χ3n) is 4.31. The lowest BCUT2D eigenvalue weighted by atomic mass is 9.46. The highest BCUT2D eigenvalue weighted by Crippen LogP contribution is 2.63. The zero-order valence-corrected chi connectivity index (χ0v) is 10.5. The summed E-state index contributed by atoms with van der Waals surface area (Å²) in [6.45, 7) is 6.50. The largest absolute Gasteiger partial charge is 0.465 e. The van der Waals surface area contributed by atoms with Crippen molar-refractivity contribution in [3.63, 3.8) is 0 Å². The van der Waals surface area contributed by atoms with E-state index in [9.17, 15) is 9.90 Å². The second-order valence-electron chi connectivity index (χ2n) is 6.21. The summed E-state index contributed by atoms with van der Waals surface area (Å²) in [6, 6.07) is 0. The summed E-state index contributed by atoms with van der Waals surface area (Å²) in [6.07, 6.45) is 4.05. The average molecular weight is 226 g/mol. The zero-order chi connectivity index (χ0) is 12.0. The van der Waals surface area contributed by atoms with Gasteiger partial charge in [0.25, 0.3) is 0 Å². The maximum absolute atomic E-state index is 12.0. The molecule has 0 aromatic heterocycles. The van der Waals surface area contributed by atoms with Crippen molar-refractivity contribution in [2.24, 2.45) is 10.8 Å². The lowest BCUT2D eigenvalue weighted by Gasteiger charge is -2.61. The number of carbonyl (C=O) groups is 1. The molecule has 0 saturated heterocycles. The molecular weight excluding hydrogens is 204 g/mol. The van der Waals surface area contributed by atoms with Gasteiger partial charge in [-0.25, -0.2) is 0 Å². The fourth-order valence-electron chi connectivity index (χ4n) is 3.53. The van der Waals surface area contributed by atoms with E-state index in [2.05, 4.69) is 13.8 Å². The fourth-order valence-corrected chi connectivity index (χ4v) is 3.53. The molecule has 0 heterocycles. The predicted molar refractivity (Wildman–Crippen MR) is 60.9 cm³/mol. The van der Waals surface area contributed by atoms with E-state index >= 15 is 0 Å². The fraction of sp³-hybridized carbons (Fsp3) is 0.923. The lowest BCUT2D eigenvalue weighted by molar-refractivity contribution is -0.232. The molecule has 0 amide bonds. The third kappa shape index (κ3) is 1.48. The number of rotatable bonds is 3. The molecule has 0 unspecified atom stereocenters. The van der Waals surface area contributed by atoms with Crippen molar-refractivity contribution in [1.29, 1.82) is 0 Å². The van der Waals surface area contributed by atoms with Crippen LogP contribution in [-0.2, 0) is 9.53 Å². The van der Waals surface area contributed by atoms with E-state index in [1.165, 1.54) is 0 Å². The van der Waals surface area contributed by atoms with Gasteiger partial charge in [0, 0.05) is 0 Å². The SMILES string of the molecule is CCOC(=O)C1(C2(O)CC(C)(C)C2)CCC1. The minimum absolute atomic E-state index is 0.170. The van der Waals surface area contributed by atoms with Gasteiger partial charge in [-0.2, -0.15) is 0 Å². The van der Waals surface area contributed by atoms with Gasteiger partial charge in [-0.05, 0) is 38.0 Å². The summed E-state index contributed by atoms with van der Waals surface area (Å²) in [5.74, 6) is -0.181. The third-order valence-corrected chi connectivity index (χ3v) is 4.31. The quantitative estimate of drug-likeness (QED) is 0.751. The Morgan fingerprint density at radius 2 is 1.88 bits per heavy atom. The molecule has 0 aromatic rings. The normalized spacial score (nSPS) is 28.8. The number of hydrogen-bond acceptors (Lipinski definition) is 3. The van der Waals surface area contributed by atoms with E-state index in [4.69, 9.17) is 4.74 Å². The standard InChI is InChI=1S/C13H22O3/c1-4-16-10(14)12(6-5-7-12)13(15)8-11(2,3)9-13/h15H,4-9H2,1-3H3. The van der Waals surface area contributed by atoms with Crippen LogP contribution in [-0.4, -0.2) is 23.3 Å².